The minimum Gasteiger partial charge on any atom is -0.493 e. The highest BCUT2D eigenvalue weighted by Crippen LogP contribution is 2.36. The number of fused-ring (bicyclic) bond motifs is 1. The molecule has 1 aliphatic heterocycles. The van der Waals surface area contributed by atoms with Crippen molar-refractivity contribution in [2.75, 3.05) is 20.8 Å². The van der Waals surface area contributed by atoms with Crippen LogP contribution in [0.3, 0.4) is 0 Å². The monoisotopic (exact) mass is 620 g/mol. The van der Waals surface area contributed by atoms with E-state index in [4.69, 9.17) is 18.4 Å². The molecule has 0 N–H and O–H groups in total. The van der Waals surface area contributed by atoms with Gasteiger partial charge in [0.2, 0.25) is 0 Å². The van der Waals surface area contributed by atoms with Crippen LogP contribution in [0.15, 0.2) is 98.7 Å². The molecule has 0 radical (unpaired) electrons. The van der Waals surface area contributed by atoms with Crippen molar-refractivity contribution < 1.29 is 31.6 Å². The maximum absolute atomic E-state index is 14.0. The number of carbonyl (C=O) groups excluding carboxylic acids is 1. The lowest BCUT2D eigenvalue weighted by molar-refractivity contribution is -0.139. The number of aromatic nitrogens is 1. The lowest BCUT2D eigenvalue weighted by Crippen LogP contribution is -2.40. The number of para-hydroxylation sites is 1. The van der Waals surface area contributed by atoms with Crippen LogP contribution in [-0.2, 0) is 19.6 Å². The van der Waals surface area contributed by atoms with E-state index in [9.17, 15) is 18.0 Å². The summed E-state index contributed by atoms with van der Waals surface area (Å²) in [5.41, 5.74) is 1.14. The summed E-state index contributed by atoms with van der Waals surface area (Å²) >= 11 is 1.11. The molecule has 3 aromatic carbocycles. The quantitative estimate of drug-likeness (QED) is 0.206. The van der Waals surface area contributed by atoms with Gasteiger partial charge in [0.15, 0.2) is 16.3 Å². The maximum Gasteiger partial charge on any atom is 0.339 e. The maximum atomic E-state index is 14.0. The fourth-order valence-corrected chi connectivity index (χ4v) is 6.71. The second-order valence-electron chi connectivity index (χ2n) is 9.31. The van der Waals surface area contributed by atoms with Gasteiger partial charge in [-0.05, 0) is 55.8 Å². The topological polar surface area (TPSA) is 122 Å². The molecule has 0 saturated carbocycles. The van der Waals surface area contributed by atoms with Crippen LogP contribution < -0.4 is 28.5 Å². The summed E-state index contributed by atoms with van der Waals surface area (Å²) in [4.78, 5) is 32.2. The van der Waals surface area contributed by atoms with Crippen molar-refractivity contribution in [2.45, 2.75) is 24.8 Å². The van der Waals surface area contributed by atoms with Gasteiger partial charge in [-0.25, -0.2) is 9.79 Å². The zero-order chi connectivity index (χ0) is 30.7. The number of nitrogens with zero attached hydrogens (tertiary/aromatic N) is 2. The molecule has 4 aromatic rings. The number of ether oxygens (including phenoxy) is 3. The zero-order valence-electron chi connectivity index (χ0n) is 23.8. The Morgan fingerprint density at radius 2 is 1.67 bits per heavy atom. The highest BCUT2D eigenvalue weighted by molar-refractivity contribution is 7.87. The molecule has 0 fully saturated rings. The van der Waals surface area contributed by atoms with Crippen LogP contribution in [0, 0.1) is 0 Å². The molecule has 0 bridgehead atoms. The Morgan fingerprint density at radius 1 is 0.977 bits per heavy atom. The molecule has 0 saturated heterocycles. The number of thiazole rings is 1. The third-order valence-electron chi connectivity index (χ3n) is 6.68. The zero-order valence-corrected chi connectivity index (χ0v) is 25.4. The van der Waals surface area contributed by atoms with E-state index in [1.807, 2.05) is 0 Å². The highest BCUT2D eigenvalue weighted by Gasteiger charge is 2.34. The van der Waals surface area contributed by atoms with Gasteiger partial charge < -0.3 is 18.4 Å². The van der Waals surface area contributed by atoms with Crippen LogP contribution >= 0.6 is 11.3 Å². The fourth-order valence-electron chi connectivity index (χ4n) is 4.70. The summed E-state index contributed by atoms with van der Waals surface area (Å²) in [7, 11) is -1.11. The van der Waals surface area contributed by atoms with Gasteiger partial charge in [-0.15, -0.1) is 0 Å². The van der Waals surface area contributed by atoms with Gasteiger partial charge >= 0.3 is 16.1 Å². The molecular formula is C31H28N2O8S2. The van der Waals surface area contributed by atoms with Crippen LogP contribution in [-0.4, -0.2) is 39.8 Å². The average Bonchev–Trinajstić information content (AvgIpc) is 3.31. The largest absolute Gasteiger partial charge is 0.493 e. The number of benzene rings is 3. The number of methoxy groups -OCH3 is 2. The standard InChI is InChI=1S/C31H28N2O8S2/c1-5-40-30(35)27-19(2)32-31-33(28(27)21-15-16-24(38-3)25(17-21)39-4)29(34)26(42-31)18-20-11-9-10-14-23(20)41-43(36,37)22-12-7-6-8-13-22/h6-18,28H,5H2,1-4H3/b26-18+/t28-/m0/s1. The second kappa shape index (κ2) is 12.3. The van der Waals surface area contributed by atoms with Gasteiger partial charge in [0.25, 0.3) is 5.56 Å². The van der Waals surface area contributed by atoms with E-state index in [0.29, 0.717) is 33.1 Å². The molecule has 43 heavy (non-hydrogen) atoms. The van der Waals surface area contributed by atoms with Gasteiger partial charge in [0.05, 0.1) is 42.7 Å². The van der Waals surface area contributed by atoms with Gasteiger partial charge in [-0.1, -0.05) is 53.8 Å². The third-order valence-corrected chi connectivity index (χ3v) is 8.91. The van der Waals surface area contributed by atoms with E-state index in [-0.39, 0.29) is 27.4 Å². The Labute approximate surface area is 251 Å². The lowest BCUT2D eigenvalue weighted by atomic mass is 9.95. The molecule has 1 aromatic heterocycles. The Balaban J connectivity index is 1.67. The van der Waals surface area contributed by atoms with Crippen molar-refractivity contribution in [3.63, 3.8) is 0 Å². The van der Waals surface area contributed by atoms with E-state index in [1.165, 1.54) is 37.0 Å². The second-order valence-corrected chi connectivity index (χ2v) is 11.9. The van der Waals surface area contributed by atoms with Gasteiger partial charge in [0, 0.05) is 5.56 Å². The first kappa shape index (κ1) is 29.8. The van der Waals surface area contributed by atoms with Crippen molar-refractivity contribution in [2.24, 2.45) is 4.99 Å². The van der Waals surface area contributed by atoms with Gasteiger partial charge in [-0.3, -0.25) is 9.36 Å². The van der Waals surface area contributed by atoms with E-state index in [0.717, 1.165) is 11.3 Å². The fraction of sp³-hybridized carbons (Fsp3) is 0.194. The molecule has 0 aliphatic carbocycles. The summed E-state index contributed by atoms with van der Waals surface area (Å²) in [6.45, 7) is 3.53. The minimum atomic E-state index is -4.13. The van der Waals surface area contributed by atoms with Crippen molar-refractivity contribution in [1.82, 2.24) is 4.57 Å². The van der Waals surface area contributed by atoms with Crippen LogP contribution in [0.5, 0.6) is 17.2 Å². The van der Waals surface area contributed by atoms with Crippen LogP contribution in [0.2, 0.25) is 0 Å². The molecule has 1 aliphatic rings. The Hall–Kier alpha value is -4.68. The molecule has 2 heterocycles. The Morgan fingerprint density at radius 3 is 2.37 bits per heavy atom. The molecule has 0 amide bonds. The van der Waals surface area contributed by atoms with Gasteiger partial charge in [-0.2, -0.15) is 8.42 Å². The molecule has 12 heteroatoms. The normalized spacial score (nSPS) is 15.0. The summed E-state index contributed by atoms with van der Waals surface area (Å²) in [5, 5.41) is 0. The van der Waals surface area contributed by atoms with E-state index in [1.54, 1.807) is 74.5 Å². The first-order chi connectivity index (χ1) is 20.7. The predicted octanol–water partition coefficient (Wildman–Crippen LogP) is 3.58. The van der Waals surface area contributed by atoms with Crippen molar-refractivity contribution >= 4 is 33.5 Å². The van der Waals surface area contributed by atoms with E-state index < -0.39 is 27.7 Å². The van der Waals surface area contributed by atoms with Crippen molar-refractivity contribution in [3.8, 4) is 17.2 Å². The van der Waals surface area contributed by atoms with Crippen molar-refractivity contribution in [3.05, 3.63) is 115 Å². The number of rotatable bonds is 9. The smallest absolute Gasteiger partial charge is 0.339 e. The van der Waals surface area contributed by atoms with E-state index in [2.05, 4.69) is 4.99 Å². The molecule has 10 nitrogen and oxygen atoms in total. The first-order valence-corrected chi connectivity index (χ1v) is 15.4. The third kappa shape index (κ3) is 5.84. The van der Waals surface area contributed by atoms with E-state index >= 15 is 0 Å². The molecule has 222 valence electrons. The number of esters is 1. The minimum absolute atomic E-state index is 0.000987. The first-order valence-electron chi connectivity index (χ1n) is 13.2. The number of hydrogen-bond acceptors (Lipinski definition) is 10. The molecule has 5 rings (SSSR count). The summed E-state index contributed by atoms with van der Waals surface area (Å²) < 4.78 is 49.3. The number of allylic oxidation sites excluding steroid dienone is 1. The summed E-state index contributed by atoms with van der Waals surface area (Å²) in [5.74, 6) is 0.365. The number of carbonyl (C=O) groups is 1. The van der Waals surface area contributed by atoms with Crippen molar-refractivity contribution in [1.29, 1.82) is 0 Å². The SMILES string of the molecule is CCOC(=O)C1=C(C)N=c2s/c(=C/c3ccccc3OS(=O)(=O)c3ccccc3)c(=O)n2[C@H]1c1ccc(OC)c(OC)c1. The summed E-state index contributed by atoms with van der Waals surface area (Å²) in [6, 6.07) is 18.6. The molecule has 1 atom stereocenters. The lowest BCUT2D eigenvalue weighted by Gasteiger charge is -2.25. The Bertz CT molecular complexity index is 2010. The summed E-state index contributed by atoms with van der Waals surface area (Å²) in [6.07, 6.45) is 1.55. The van der Waals surface area contributed by atoms with Crippen LogP contribution in [0.4, 0.5) is 0 Å². The highest BCUT2D eigenvalue weighted by atomic mass is 32.2. The van der Waals surface area contributed by atoms with Gasteiger partial charge in [0.1, 0.15) is 10.6 Å². The van der Waals surface area contributed by atoms with Crippen LogP contribution in [0.25, 0.3) is 6.08 Å². The molecule has 0 spiro atoms. The average molecular weight is 621 g/mol. The molecule has 0 unspecified atom stereocenters. The predicted molar refractivity (Wildman–Crippen MR) is 161 cm³/mol. The molecular weight excluding hydrogens is 592 g/mol. The van der Waals surface area contributed by atoms with Crippen LogP contribution in [0.1, 0.15) is 31.0 Å². The number of hydrogen-bond donors (Lipinski definition) is 0. The Kier molecular flexibility index (Phi) is 8.51.